The first kappa shape index (κ1) is 8.73. The molecule has 0 saturated heterocycles. The summed E-state index contributed by atoms with van der Waals surface area (Å²) in [6, 6.07) is 11.0. The monoisotopic (exact) mass is 176 g/mol. The van der Waals surface area contributed by atoms with E-state index in [-0.39, 0.29) is 0 Å². The Hall–Kier alpha value is -0.860. The predicted octanol–water partition coefficient (Wildman–Crippen LogP) is 1.57. The number of nitrogens with two attached hydrogens (primary N) is 1. The van der Waals surface area contributed by atoms with Crippen LogP contribution in [-0.2, 0) is 5.41 Å². The fourth-order valence-electron chi connectivity index (χ4n) is 2.04. The molecule has 0 aliphatic heterocycles. The van der Waals surface area contributed by atoms with E-state index >= 15 is 0 Å². The molecule has 1 aliphatic rings. The van der Waals surface area contributed by atoms with Crippen molar-refractivity contribution in [2.75, 3.05) is 0 Å². The Kier molecular flexibility index (Phi) is 2.10. The van der Waals surface area contributed by atoms with Crippen LogP contribution in [0, 0.1) is 0 Å². The number of nitrogens with one attached hydrogen (secondary N) is 1. The molecule has 70 valence electrons. The number of rotatable bonds is 3. The summed E-state index contributed by atoms with van der Waals surface area (Å²) in [5.74, 6) is 5.49. The summed E-state index contributed by atoms with van der Waals surface area (Å²) < 4.78 is 0. The molecule has 1 aromatic carbocycles. The van der Waals surface area contributed by atoms with Crippen molar-refractivity contribution in [3.05, 3.63) is 35.9 Å². The van der Waals surface area contributed by atoms with Gasteiger partial charge in [-0.3, -0.25) is 11.3 Å². The molecule has 2 rings (SSSR count). The molecule has 0 aromatic heterocycles. The Morgan fingerprint density at radius 3 is 2.38 bits per heavy atom. The van der Waals surface area contributed by atoms with E-state index in [1.807, 2.05) is 0 Å². The van der Waals surface area contributed by atoms with Gasteiger partial charge in [0.05, 0.1) is 0 Å². The van der Waals surface area contributed by atoms with Crippen LogP contribution in [0.2, 0.25) is 0 Å². The summed E-state index contributed by atoms with van der Waals surface area (Å²) in [6.45, 7) is 2.15. The Morgan fingerprint density at radius 2 is 1.92 bits per heavy atom. The molecule has 2 heteroatoms. The van der Waals surface area contributed by atoms with Crippen molar-refractivity contribution in [3.8, 4) is 0 Å². The molecule has 3 N–H and O–H groups in total. The first-order valence-corrected chi connectivity index (χ1v) is 4.81. The van der Waals surface area contributed by atoms with Crippen molar-refractivity contribution in [2.24, 2.45) is 5.84 Å². The van der Waals surface area contributed by atoms with E-state index in [1.54, 1.807) is 0 Å². The first-order chi connectivity index (χ1) is 6.29. The standard InChI is InChI=1S/C11H16N2/c1-9(13-12)11(7-8-11)10-5-3-2-4-6-10/h2-6,9,13H,7-8,12H2,1H3. The summed E-state index contributed by atoms with van der Waals surface area (Å²) in [4.78, 5) is 0. The highest BCUT2D eigenvalue weighted by Crippen LogP contribution is 2.50. The Balaban J connectivity index is 2.26. The Labute approximate surface area is 79.1 Å². The van der Waals surface area contributed by atoms with Gasteiger partial charge in [0.2, 0.25) is 0 Å². The largest absolute Gasteiger partial charge is 0.271 e. The molecule has 1 unspecified atom stereocenters. The van der Waals surface area contributed by atoms with E-state index in [0.29, 0.717) is 11.5 Å². The third-order valence-electron chi connectivity index (χ3n) is 3.22. The molecule has 0 heterocycles. The Morgan fingerprint density at radius 1 is 1.31 bits per heavy atom. The average molecular weight is 176 g/mol. The molecule has 0 spiro atoms. The van der Waals surface area contributed by atoms with E-state index < -0.39 is 0 Å². The van der Waals surface area contributed by atoms with Crippen LogP contribution in [-0.4, -0.2) is 6.04 Å². The molecule has 1 saturated carbocycles. The number of hydrazine groups is 1. The van der Waals surface area contributed by atoms with Crippen LogP contribution in [0.4, 0.5) is 0 Å². The summed E-state index contributed by atoms with van der Waals surface area (Å²) in [5, 5.41) is 0. The second kappa shape index (κ2) is 3.13. The summed E-state index contributed by atoms with van der Waals surface area (Å²) in [6.07, 6.45) is 2.50. The maximum absolute atomic E-state index is 5.49. The van der Waals surface area contributed by atoms with Crippen molar-refractivity contribution in [3.63, 3.8) is 0 Å². The van der Waals surface area contributed by atoms with Gasteiger partial charge in [-0.1, -0.05) is 30.3 Å². The minimum absolute atomic E-state index is 0.315. The van der Waals surface area contributed by atoms with E-state index in [9.17, 15) is 0 Å². The van der Waals surface area contributed by atoms with Gasteiger partial charge in [-0.2, -0.15) is 0 Å². The van der Waals surface area contributed by atoms with Crippen LogP contribution < -0.4 is 11.3 Å². The molecule has 1 fully saturated rings. The highest BCUT2D eigenvalue weighted by atomic mass is 15.2. The number of benzene rings is 1. The summed E-state index contributed by atoms with van der Waals surface area (Å²) in [5.41, 5.74) is 4.60. The van der Waals surface area contributed by atoms with Gasteiger partial charge in [0.1, 0.15) is 0 Å². The van der Waals surface area contributed by atoms with Crippen LogP contribution in [0.3, 0.4) is 0 Å². The smallest absolute Gasteiger partial charge is 0.0279 e. The van der Waals surface area contributed by atoms with Crippen molar-refractivity contribution >= 4 is 0 Å². The molecular formula is C11H16N2. The van der Waals surface area contributed by atoms with Crippen LogP contribution in [0.15, 0.2) is 30.3 Å². The lowest BCUT2D eigenvalue weighted by Gasteiger charge is -2.22. The number of hydrogen-bond acceptors (Lipinski definition) is 2. The van der Waals surface area contributed by atoms with Gasteiger partial charge >= 0.3 is 0 Å². The maximum atomic E-state index is 5.49. The highest BCUT2D eigenvalue weighted by molar-refractivity contribution is 5.33. The van der Waals surface area contributed by atoms with Gasteiger partial charge in [0.15, 0.2) is 0 Å². The zero-order valence-corrected chi connectivity index (χ0v) is 7.96. The van der Waals surface area contributed by atoms with E-state index in [1.165, 1.54) is 18.4 Å². The van der Waals surface area contributed by atoms with Crippen LogP contribution >= 0.6 is 0 Å². The second-order valence-electron chi connectivity index (χ2n) is 3.91. The van der Waals surface area contributed by atoms with E-state index in [2.05, 4.69) is 42.7 Å². The lowest BCUT2D eigenvalue weighted by molar-refractivity contribution is 0.455. The summed E-state index contributed by atoms with van der Waals surface area (Å²) in [7, 11) is 0. The van der Waals surface area contributed by atoms with Gasteiger partial charge in [0.25, 0.3) is 0 Å². The topological polar surface area (TPSA) is 38.0 Å². The average Bonchev–Trinajstić information content (AvgIpc) is 2.99. The molecule has 13 heavy (non-hydrogen) atoms. The van der Waals surface area contributed by atoms with Gasteiger partial charge in [-0.05, 0) is 25.3 Å². The molecular weight excluding hydrogens is 160 g/mol. The van der Waals surface area contributed by atoms with Crippen molar-refractivity contribution in [1.29, 1.82) is 0 Å². The van der Waals surface area contributed by atoms with E-state index in [0.717, 1.165) is 0 Å². The Bertz CT molecular complexity index is 277. The molecule has 0 bridgehead atoms. The summed E-state index contributed by atoms with van der Waals surface area (Å²) >= 11 is 0. The van der Waals surface area contributed by atoms with E-state index in [4.69, 9.17) is 5.84 Å². The maximum Gasteiger partial charge on any atom is 0.0279 e. The van der Waals surface area contributed by atoms with Gasteiger partial charge < -0.3 is 0 Å². The van der Waals surface area contributed by atoms with Gasteiger partial charge in [0, 0.05) is 11.5 Å². The van der Waals surface area contributed by atoms with Gasteiger partial charge in [-0.15, -0.1) is 0 Å². The second-order valence-corrected chi connectivity index (χ2v) is 3.91. The van der Waals surface area contributed by atoms with Crippen LogP contribution in [0.1, 0.15) is 25.3 Å². The minimum atomic E-state index is 0.315. The minimum Gasteiger partial charge on any atom is -0.271 e. The lowest BCUT2D eigenvalue weighted by Crippen LogP contribution is -2.41. The van der Waals surface area contributed by atoms with Crippen LogP contribution in [0.5, 0.6) is 0 Å². The zero-order chi connectivity index (χ0) is 9.31. The SMILES string of the molecule is CC(NN)C1(c2ccccc2)CC1. The normalized spacial score (nSPS) is 21.1. The van der Waals surface area contributed by atoms with Gasteiger partial charge in [-0.25, -0.2) is 0 Å². The predicted molar refractivity (Wildman–Crippen MR) is 54.1 cm³/mol. The molecule has 1 aliphatic carbocycles. The third-order valence-corrected chi connectivity index (χ3v) is 3.22. The zero-order valence-electron chi connectivity index (χ0n) is 7.96. The number of hydrogen-bond donors (Lipinski definition) is 2. The molecule has 1 atom stereocenters. The van der Waals surface area contributed by atoms with Crippen molar-refractivity contribution < 1.29 is 0 Å². The third kappa shape index (κ3) is 1.36. The van der Waals surface area contributed by atoms with Crippen molar-refractivity contribution in [2.45, 2.75) is 31.2 Å². The van der Waals surface area contributed by atoms with Crippen LogP contribution in [0.25, 0.3) is 0 Å². The molecule has 0 amide bonds. The highest BCUT2D eigenvalue weighted by Gasteiger charge is 2.48. The molecule has 2 nitrogen and oxygen atoms in total. The molecule has 0 radical (unpaired) electrons. The fraction of sp³-hybridized carbons (Fsp3) is 0.455. The van der Waals surface area contributed by atoms with Crippen molar-refractivity contribution in [1.82, 2.24) is 5.43 Å². The fourth-order valence-corrected chi connectivity index (χ4v) is 2.04. The first-order valence-electron chi connectivity index (χ1n) is 4.81. The molecule has 1 aromatic rings. The lowest BCUT2D eigenvalue weighted by atomic mass is 9.89. The quantitative estimate of drug-likeness (QED) is 0.542.